The molecule has 0 saturated heterocycles. The average molecular weight is 238 g/mol. The van der Waals surface area contributed by atoms with Crippen molar-refractivity contribution < 1.29 is 9.59 Å². The second kappa shape index (κ2) is 4.26. The highest BCUT2D eigenvalue weighted by Crippen LogP contribution is 2.29. The van der Waals surface area contributed by atoms with Crippen LogP contribution in [0.2, 0.25) is 0 Å². The molecule has 2 heterocycles. The Bertz CT molecular complexity index is 598. The largest absolute Gasteiger partial charge is 0.341 e. The second-order valence-electron chi connectivity index (χ2n) is 4.45. The molecular formula is C15H12NO2. The van der Waals surface area contributed by atoms with E-state index < -0.39 is 0 Å². The van der Waals surface area contributed by atoms with Crippen LogP contribution in [-0.2, 0) is 11.3 Å². The number of hydrogen-bond donors (Lipinski definition) is 0. The maximum atomic E-state index is 12.3. The Morgan fingerprint density at radius 3 is 2.67 bits per heavy atom. The van der Waals surface area contributed by atoms with Gasteiger partial charge in [-0.1, -0.05) is 30.3 Å². The summed E-state index contributed by atoms with van der Waals surface area (Å²) in [4.78, 5) is 23.1. The van der Waals surface area contributed by atoms with Crippen LogP contribution in [0.5, 0.6) is 0 Å². The Morgan fingerprint density at radius 2 is 1.94 bits per heavy atom. The minimum atomic E-state index is -0.178. The van der Waals surface area contributed by atoms with Crippen LogP contribution in [0, 0.1) is 0 Å². The van der Waals surface area contributed by atoms with Crippen molar-refractivity contribution in [3.63, 3.8) is 0 Å². The molecule has 0 amide bonds. The first kappa shape index (κ1) is 11.0. The standard InChI is InChI=1S/C15H12NO2/c17-10-12-8-9-16-13(12)6-7-14(16)15(18)11-4-2-1-3-5-11/h1-7,12H,8-9H2. The molecule has 0 saturated carbocycles. The molecule has 1 aliphatic heterocycles. The van der Waals surface area contributed by atoms with Crippen LogP contribution in [0.1, 0.15) is 34.1 Å². The number of ketones is 1. The first-order chi connectivity index (χ1) is 8.81. The van der Waals surface area contributed by atoms with E-state index >= 15 is 0 Å². The maximum absolute atomic E-state index is 12.3. The molecule has 1 aromatic heterocycles. The highest BCUT2D eigenvalue weighted by Gasteiger charge is 2.27. The number of hydrogen-bond acceptors (Lipinski definition) is 2. The zero-order valence-electron chi connectivity index (χ0n) is 9.80. The lowest BCUT2D eigenvalue weighted by Gasteiger charge is -2.05. The van der Waals surface area contributed by atoms with Crippen LogP contribution in [0.3, 0.4) is 0 Å². The van der Waals surface area contributed by atoms with Gasteiger partial charge >= 0.3 is 0 Å². The molecule has 0 aliphatic carbocycles. The molecule has 1 radical (unpaired) electrons. The minimum Gasteiger partial charge on any atom is -0.341 e. The lowest BCUT2D eigenvalue weighted by molar-refractivity contribution is 0.103. The quantitative estimate of drug-likeness (QED) is 0.770. The molecule has 3 heteroatoms. The van der Waals surface area contributed by atoms with Gasteiger partial charge in [-0.25, -0.2) is 0 Å². The molecule has 0 N–H and O–H groups in total. The third kappa shape index (κ3) is 1.59. The van der Waals surface area contributed by atoms with Crippen molar-refractivity contribution in [3.05, 3.63) is 59.4 Å². The minimum absolute atomic E-state index is 0.00778. The molecule has 1 atom stereocenters. The third-order valence-corrected chi connectivity index (χ3v) is 3.42. The number of aromatic nitrogens is 1. The highest BCUT2D eigenvalue weighted by molar-refractivity contribution is 6.08. The van der Waals surface area contributed by atoms with Gasteiger partial charge in [-0.15, -0.1) is 0 Å². The monoisotopic (exact) mass is 238 g/mol. The molecule has 2 aromatic rings. The van der Waals surface area contributed by atoms with Gasteiger partial charge in [0.15, 0.2) is 0 Å². The van der Waals surface area contributed by atoms with Crippen molar-refractivity contribution in [2.24, 2.45) is 0 Å². The van der Waals surface area contributed by atoms with Gasteiger partial charge in [0.1, 0.15) is 0 Å². The van der Waals surface area contributed by atoms with E-state index in [1.165, 1.54) is 0 Å². The molecule has 3 nitrogen and oxygen atoms in total. The number of carbonyl (C=O) groups is 1. The Labute approximate surface area is 105 Å². The van der Waals surface area contributed by atoms with Crippen molar-refractivity contribution >= 4 is 12.1 Å². The molecule has 89 valence electrons. The summed E-state index contributed by atoms with van der Waals surface area (Å²) in [5.41, 5.74) is 2.25. The van der Waals surface area contributed by atoms with Gasteiger partial charge in [0, 0.05) is 17.8 Å². The van der Waals surface area contributed by atoms with Crippen LogP contribution >= 0.6 is 0 Å². The van der Waals surface area contributed by atoms with E-state index in [4.69, 9.17) is 0 Å². The smallest absolute Gasteiger partial charge is 0.209 e. The van der Waals surface area contributed by atoms with Crippen molar-refractivity contribution in [1.82, 2.24) is 4.57 Å². The zero-order chi connectivity index (χ0) is 12.5. The fourth-order valence-corrected chi connectivity index (χ4v) is 2.50. The van der Waals surface area contributed by atoms with Crippen LogP contribution in [0.4, 0.5) is 0 Å². The Hall–Kier alpha value is -2.16. The van der Waals surface area contributed by atoms with Crippen LogP contribution in [0.15, 0.2) is 42.5 Å². The average Bonchev–Trinajstić information content (AvgIpc) is 2.99. The van der Waals surface area contributed by atoms with E-state index in [0.29, 0.717) is 11.3 Å². The number of rotatable bonds is 3. The molecule has 3 rings (SSSR count). The highest BCUT2D eigenvalue weighted by atomic mass is 16.1. The van der Waals surface area contributed by atoms with Gasteiger partial charge < -0.3 is 4.57 Å². The molecular weight excluding hydrogens is 226 g/mol. The molecule has 1 aliphatic rings. The summed E-state index contributed by atoms with van der Waals surface area (Å²) in [6.07, 6.45) is 2.77. The molecule has 18 heavy (non-hydrogen) atoms. The Kier molecular flexibility index (Phi) is 2.59. The molecule has 1 aromatic carbocycles. The summed E-state index contributed by atoms with van der Waals surface area (Å²) < 4.78 is 1.94. The summed E-state index contributed by atoms with van der Waals surface area (Å²) in [6, 6.07) is 12.9. The van der Waals surface area contributed by atoms with Gasteiger partial charge in [0.05, 0.1) is 11.6 Å². The first-order valence-corrected chi connectivity index (χ1v) is 5.98. The van der Waals surface area contributed by atoms with Gasteiger partial charge in [0.2, 0.25) is 12.1 Å². The van der Waals surface area contributed by atoms with E-state index in [-0.39, 0.29) is 11.7 Å². The van der Waals surface area contributed by atoms with Crippen molar-refractivity contribution in [2.75, 3.05) is 0 Å². The summed E-state index contributed by atoms with van der Waals surface area (Å²) in [7, 11) is 0. The summed E-state index contributed by atoms with van der Waals surface area (Å²) in [5, 5.41) is 0. The second-order valence-corrected chi connectivity index (χ2v) is 4.45. The third-order valence-electron chi connectivity index (χ3n) is 3.42. The van der Waals surface area contributed by atoms with E-state index in [9.17, 15) is 9.59 Å². The molecule has 0 bridgehead atoms. The number of benzene rings is 1. The predicted molar refractivity (Wildman–Crippen MR) is 67.4 cm³/mol. The van der Waals surface area contributed by atoms with Gasteiger partial charge in [-0.3, -0.25) is 9.59 Å². The summed E-state index contributed by atoms with van der Waals surface area (Å²) >= 11 is 0. The lowest BCUT2D eigenvalue weighted by atomic mass is 10.1. The van der Waals surface area contributed by atoms with Gasteiger partial charge in [0.25, 0.3) is 0 Å². The van der Waals surface area contributed by atoms with E-state index in [2.05, 4.69) is 0 Å². The molecule has 0 spiro atoms. The maximum Gasteiger partial charge on any atom is 0.209 e. The Morgan fingerprint density at radius 1 is 1.17 bits per heavy atom. The SMILES string of the molecule is O=[C]C1CCn2c(C(=O)c3ccccc3)ccc21. The first-order valence-electron chi connectivity index (χ1n) is 5.98. The molecule has 1 unspecified atom stereocenters. The van der Waals surface area contributed by atoms with Gasteiger partial charge in [-0.05, 0) is 18.6 Å². The Balaban J connectivity index is 2.00. The topological polar surface area (TPSA) is 39.1 Å². The van der Waals surface area contributed by atoms with Gasteiger partial charge in [-0.2, -0.15) is 0 Å². The lowest BCUT2D eigenvalue weighted by Crippen LogP contribution is -2.08. The van der Waals surface area contributed by atoms with Crippen molar-refractivity contribution in [1.29, 1.82) is 0 Å². The number of nitrogens with zero attached hydrogens (tertiary/aromatic N) is 1. The molecule has 0 fully saturated rings. The number of fused-ring (bicyclic) bond motifs is 1. The number of carbonyl (C=O) groups excluding carboxylic acids is 2. The van der Waals surface area contributed by atoms with Crippen LogP contribution in [-0.4, -0.2) is 16.6 Å². The summed E-state index contributed by atoms with van der Waals surface area (Å²) in [6.45, 7) is 0.718. The van der Waals surface area contributed by atoms with E-state index in [1.54, 1.807) is 18.2 Å². The predicted octanol–water partition coefficient (Wildman–Crippen LogP) is 2.32. The van der Waals surface area contributed by atoms with Crippen molar-refractivity contribution in [3.8, 4) is 0 Å². The van der Waals surface area contributed by atoms with E-state index in [1.807, 2.05) is 35.1 Å². The fourth-order valence-electron chi connectivity index (χ4n) is 2.50. The van der Waals surface area contributed by atoms with Crippen LogP contribution in [0.25, 0.3) is 0 Å². The van der Waals surface area contributed by atoms with Crippen LogP contribution < -0.4 is 0 Å². The normalized spacial score (nSPS) is 17.4. The van der Waals surface area contributed by atoms with Crippen molar-refractivity contribution in [2.45, 2.75) is 18.9 Å². The fraction of sp³-hybridized carbons (Fsp3) is 0.200. The summed E-state index contributed by atoms with van der Waals surface area (Å²) in [5.74, 6) is -0.171. The zero-order valence-corrected chi connectivity index (χ0v) is 9.80. The van der Waals surface area contributed by atoms with E-state index in [0.717, 1.165) is 18.7 Å².